The molecule has 0 fully saturated rings. The zero-order valence-corrected chi connectivity index (χ0v) is 8.96. The molecule has 2 rings (SSSR count). The van der Waals surface area contributed by atoms with Gasteiger partial charge in [0.05, 0.1) is 16.4 Å². The molecule has 0 saturated carbocycles. The highest BCUT2D eigenvalue weighted by molar-refractivity contribution is 9.10. The van der Waals surface area contributed by atoms with Crippen molar-refractivity contribution in [1.29, 1.82) is 0 Å². The fourth-order valence-corrected chi connectivity index (χ4v) is 1.53. The second-order valence-corrected chi connectivity index (χ2v) is 3.94. The van der Waals surface area contributed by atoms with E-state index in [2.05, 4.69) is 21.0 Å². The fraction of sp³-hybridized carbons (Fsp3) is 0. The molecular formula is C9H6BrClN2. The molecule has 0 unspecified atom stereocenters. The summed E-state index contributed by atoms with van der Waals surface area (Å²) in [6.07, 6.45) is 3.62. The number of hydrogen-bond acceptors (Lipinski definition) is 1. The van der Waals surface area contributed by atoms with Gasteiger partial charge in [0.15, 0.2) is 0 Å². The average Bonchev–Trinajstić information content (AvgIpc) is 2.52. The van der Waals surface area contributed by atoms with Gasteiger partial charge >= 0.3 is 0 Å². The quantitative estimate of drug-likeness (QED) is 0.766. The molecule has 66 valence electrons. The first-order chi connectivity index (χ1) is 6.25. The van der Waals surface area contributed by atoms with Crippen LogP contribution < -0.4 is 0 Å². The Labute approximate surface area is 89.3 Å². The van der Waals surface area contributed by atoms with Gasteiger partial charge in [0.1, 0.15) is 0 Å². The van der Waals surface area contributed by atoms with Crippen LogP contribution in [0.5, 0.6) is 0 Å². The highest BCUT2D eigenvalue weighted by Gasteiger charge is 1.98. The van der Waals surface area contributed by atoms with E-state index in [1.165, 1.54) is 0 Å². The first-order valence-electron chi connectivity index (χ1n) is 3.72. The molecule has 2 aromatic rings. The molecule has 1 aromatic carbocycles. The first-order valence-corrected chi connectivity index (χ1v) is 4.89. The third-order valence-electron chi connectivity index (χ3n) is 1.62. The van der Waals surface area contributed by atoms with Crippen molar-refractivity contribution in [2.45, 2.75) is 0 Å². The summed E-state index contributed by atoms with van der Waals surface area (Å²) in [5.74, 6) is 0. The molecule has 0 aliphatic rings. The number of nitrogens with zero attached hydrogens (tertiary/aromatic N) is 2. The predicted octanol–water partition coefficient (Wildman–Crippen LogP) is 3.29. The third kappa shape index (κ3) is 1.92. The zero-order valence-electron chi connectivity index (χ0n) is 6.61. The van der Waals surface area contributed by atoms with Crippen molar-refractivity contribution in [3.8, 4) is 5.69 Å². The van der Waals surface area contributed by atoms with Crippen molar-refractivity contribution >= 4 is 27.5 Å². The summed E-state index contributed by atoms with van der Waals surface area (Å²) in [6.45, 7) is 0. The van der Waals surface area contributed by atoms with Gasteiger partial charge in [-0.05, 0) is 34.1 Å². The highest BCUT2D eigenvalue weighted by Crippen LogP contribution is 2.16. The molecule has 0 atom stereocenters. The van der Waals surface area contributed by atoms with Gasteiger partial charge in [-0.1, -0.05) is 17.7 Å². The molecule has 0 saturated heterocycles. The molecule has 0 bridgehead atoms. The van der Waals surface area contributed by atoms with Crippen LogP contribution in [0.1, 0.15) is 0 Å². The summed E-state index contributed by atoms with van der Waals surface area (Å²) in [7, 11) is 0. The lowest BCUT2D eigenvalue weighted by atomic mass is 10.3. The van der Waals surface area contributed by atoms with Crippen molar-refractivity contribution in [2.24, 2.45) is 0 Å². The average molecular weight is 258 g/mol. The topological polar surface area (TPSA) is 17.8 Å². The minimum atomic E-state index is 0.712. The zero-order chi connectivity index (χ0) is 9.26. The van der Waals surface area contributed by atoms with Crippen LogP contribution in [0.4, 0.5) is 0 Å². The molecule has 13 heavy (non-hydrogen) atoms. The maximum atomic E-state index is 5.85. The largest absolute Gasteiger partial charge is 0.240 e. The Morgan fingerprint density at radius 2 is 2.23 bits per heavy atom. The molecule has 0 N–H and O–H groups in total. The summed E-state index contributed by atoms with van der Waals surface area (Å²) >= 11 is 9.18. The van der Waals surface area contributed by atoms with Crippen molar-refractivity contribution in [3.63, 3.8) is 0 Å². The van der Waals surface area contributed by atoms with E-state index < -0.39 is 0 Å². The first kappa shape index (κ1) is 8.78. The Kier molecular flexibility index (Phi) is 2.38. The summed E-state index contributed by atoms with van der Waals surface area (Å²) in [5, 5.41) is 4.85. The lowest BCUT2D eigenvalue weighted by molar-refractivity contribution is 0.880. The minimum absolute atomic E-state index is 0.712. The van der Waals surface area contributed by atoms with Gasteiger partial charge in [-0.25, -0.2) is 4.68 Å². The SMILES string of the molecule is Clc1cccc(-n2cc(Br)cn2)c1. The van der Waals surface area contributed by atoms with E-state index in [0.29, 0.717) is 5.02 Å². The number of hydrogen-bond donors (Lipinski definition) is 0. The Bertz CT molecular complexity index is 425. The summed E-state index contributed by atoms with van der Waals surface area (Å²) < 4.78 is 2.71. The van der Waals surface area contributed by atoms with Gasteiger partial charge in [-0.2, -0.15) is 5.10 Å². The molecule has 0 aliphatic heterocycles. The molecule has 0 spiro atoms. The van der Waals surface area contributed by atoms with Crippen LogP contribution in [0.2, 0.25) is 5.02 Å². The Balaban J connectivity index is 2.46. The van der Waals surface area contributed by atoms with Crippen molar-refractivity contribution in [3.05, 3.63) is 46.2 Å². The Hall–Kier alpha value is -0.800. The third-order valence-corrected chi connectivity index (χ3v) is 2.27. The Morgan fingerprint density at radius 1 is 1.38 bits per heavy atom. The van der Waals surface area contributed by atoms with Gasteiger partial charge in [0.25, 0.3) is 0 Å². The summed E-state index contributed by atoms with van der Waals surface area (Å²) in [4.78, 5) is 0. The van der Waals surface area contributed by atoms with E-state index >= 15 is 0 Å². The second-order valence-electron chi connectivity index (χ2n) is 2.58. The monoisotopic (exact) mass is 256 g/mol. The number of aromatic nitrogens is 2. The van der Waals surface area contributed by atoms with Crippen LogP contribution in [-0.2, 0) is 0 Å². The number of benzene rings is 1. The number of halogens is 2. The van der Waals surface area contributed by atoms with Crippen LogP contribution >= 0.6 is 27.5 Å². The Morgan fingerprint density at radius 3 is 2.85 bits per heavy atom. The van der Waals surface area contributed by atoms with E-state index in [1.807, 2.05) is 30.5 Å². The van der Waals surface area contributed by atoms with E-state index in [9.17, 15) is 0 Å². The summed E-state index contributed by atoms with van der Waals surface area (Å²) in [5.41, 5.74) is 0.957. The van der Waals surface area contributed by atoms with E-state index in [0.717, 1.165) is 10.2 Å². The summed E-state index contributed by atoms with van der Waals surface area (Å²) in [6, 6.07) is 7.54. The van der Waals surface area contributed by atoms with E-state index in [4.69, 9.17) is 11.6 Å². The lowest BCUT2D eigenvalue weighted by Gasteiger charge is -1.99. The molecule has 4 heteroatoms. The normalized spacial score (nSPS) is 10.3. The molecule has 1 aromatic heterocycles. The number of rotatable bonds is 1. The van der Waals surface area contributed by atoms with Crippen molar-refractivity contribution < 1.29 is 0 Å². The van der Waals surface area contributed by atoms with Crippen molar-refractivity contribution in [1.82, 2.24) is 9.78 Å². The second kappa shape index (κ2) is 3.52. The lowest BCUT2D eigenvalue weighted by Crippen LogP contribution is -1.92. The molecular weight excluding hydrogens is 251 g/mol. The molecule has 0 aliphatic carbocycles. The van der Waals surface area contributed by atoms with E-state index in [1.54, 1.807) is 10.9 Å². The standard InChI is InChI=1S/C9H6BrClN2/c10-7-5-12-13(6-7)9-3-1-2-8(11)4-9/h1-6H. The predicted molar refractivity (Wildman–Crippen MR) is 56.3 cm³/mol. The maximum Gasteiger partial charge on any atom is 0.0660 e. The maximum absolute atomic E-state index is 5.85. The molecule has 2 nitrogen and oxygen atoms in total. The highest BCUT2D eigenvalue weighted by atomic mass is 79.9. The fourth-order valence-electron chi connectivity index (χ4n) is 1.06. The van der Waals surface area contributed by atoms with Gasteiger partial charge in [0.2, 0.25) is 0 Å². The van der Waals surface area contributed by atoms with E-state index in [-0.39, 0.29) is 0 Å². The van der Waals surface area contributed by atoms with Crippen LogP contribution in [0.25, 0.3) is 5.69 Å². The van der Waals surface area contributed by atoms with Crippen molar-refractivity contribution in [2.75, 3.05) is 0 Å². The molecule has 0 amide bonds. The van der Waals surface area contributed by atoms with Crippen LogP contribution in [-0.4, -0.2) is 9.78 Å². The van der Waals surface area contributed by atoms with Gasteiger partial charge in [-0.3, -0.25) is 0 Å². The minimum Gasteiger partial charge on any atom is -0.240 e. The van der Waals surface area contributed by atoms with Crippen LogP contribution in [0, 0.1) is 0 Å². The molecule has 1 heterocycles. The van der Waals surface area contributed by atoms with Crippen LogP contribution in [0.15, 0.2) is 41.1 Å². The van der Waals surface area contributed by atoms with Gasteiger partial charge in [0, 0.05) is 11.2 Å². The molecule has 0 radical (unpaired) electrons. The van der Waals surface area contributed by atoms with Gasteiger partial charge < -0.3 is 0 Å². The van der Waals surface area contributed by atoms with Crippen LogP contribution in [0.3, 0.4) is 0 Å². The van der Waals surface area contributed by atoms with Gasteiger partial charge in [-0.15, -0.1) is 0 Å². The smallest absolute Gasteiger partial charge is 0.0660 e.